The molecule has 0 saturated carbocycles. The van der Waals surface area contributed by atoms with E-state index in [1.807, 2.05) is 18.2 Å². The van der Waals surface area contributed by atoms with Gasteiger partial charge in [0.25, 0.3) is 5.56 Å². The van der Waals surface area contributed by atoms with E-state index in [9.17, 15) is 4.79 Å². The standard InChI is InChI=1S/C19H24N4O/c1-3-5-6-7-16(4-2)22-12-13-23-18(24)14-17(21-19(22)23)15-8-10-20-11-9-15/h4,8-11,14,16H,2-3,5-7,12-13H2,1H3. The van der Waals surface area contributed by atoms with Crippen molar-refractivity contribution in [2.24, 2.45) is 0 Å². The molecule has 0 radical (unpaired) electrons. The van der Waals surface area contributed by atoms with Gasteiger partial charge in [0.05, 0.1) is 5.69 Å². The first-order valence-electron chi connectivity index (χ1n) is 8.66. The summed E-state index contributed by atoms with van der Waals surface area (Å²) in [7, 11) is 0. The smallest absolute Gasteiger partial charge is 0.255 e. The molecule has 2 aromatic heterocycles. The molecule has 3 heterocycles. The molecule has 1 unspecified atom stereocenters. The third-order valence-corrected chi connectivity index (χ3v) is 4.56. The zero-order valence-electron chi connectivity index (χ0n) is 14.2. The fraction of sp³-hybridized carbons (Fsp3) is 0.421. The summed E-state index contributed by atoms with van der Waals surface area (Å²) in [5, 5.41) is 0. The maximum Gasteiger partial charge on any atom is 0.255 e. The van der Waals surface area contributed by atoms with Gasteiger partial charge >= 0.3 is 0 Å². The highest BCUT2D eigenvalue weighted by Crippen LogP contribution is 2.25. The van der Waals surface area contributed by atoms with Gasteiger partial charge in [-0.3, -0.25) is 14.3 Å². The minimum absolute atomic E-state index is 0.00526. The summed E-state index contributed by atoms with van der Waals surface area (Å²) in [5.41, 5.74) is 1.63. The van der Waals surface area contributed by atoms with Gasteiger partial charge in [-0.1, -0.05) is 32.3 Å². The predicted octanol–water partition coefficient (Wildman–Crippen LogP) is 3.26. The zero-order chi connectivity index (χ0) is 16.9. The summed E-state index contributed by atoms with van der Waals surface area (Å²) in [6, 6.07) is 5.60. The van der Waals surface area contributed by atoms with Gasteiger partial charge < -0.3 is 4.90 Å². The van der Waals surface area contributed by atoms with Crippen molar-refractivity contribution >= 4 is 5.95 Å². The molecule has 5 heteroatoms. The van der Waals surface area contributed by atoms with Gasteiger partial charge in [-0.25, -0.2) is 4.98 Å². The van der Waals surface area contributed by atoms with Gasteiger partial charge in [0, 0.05) is 43.2 Å². The number of rotatable bonds is 7. The molecule has 0 saturated heterocycles. The Labute approximate surface area is 142 Å². The molecule has 1 aliphatic rings. The molecule has 0 aromatic carbocycles. The SMILES string of the molecule is C=CC(CCCCC)N1CCn2c1nc(-c1ccncc1)cc2=O. The van der Waals surface area contributed by atoms with E-state index in [-0.39, 0.29) is 11.6 Å². The maximum atomic E-state index is 12.5. The van der Waals surface area contributed by atoms with E-state index in [0.29, 0.717) is 12.2 Å². The Morgan fingerprint density at radius 3 is 2.79 bits per heavy atom. The molecule has 0 bridgehead atoms. The molecule has 1 atom stereocenters. The Kier molecular flexibility index (Phi) is 5.08. The van der Waals surface area contributed by atoms with Gasteiger partial charge in [0.15, 0.2) is 0 Å². The Morgan fingerprint density at radius 2 is 2.08 bits per heavy atom. The van der Waals surface area contributed by atoms with Crippen LogP contribution in [0.1, 0.15) is 32.6 Å². The van der Waals surface area contributed by atoms with Crippen LogP contribution in [-0.2, 0) is 6.54 Å². The van der Waals surface area contributed by atoms with E-state index in [2.05, 4.69) is 23.4 Å². The van der Waals surface area contributed by atoms with Crippen molar-refractivity contribution in [3.05, 3.63) is 53.6 Å². The van der Waals surface area contributed by atoms with Crippen LogP contribution in [0.2, 0.25) is 0 Å². The van der Waals surface area contributed by atoms with E-state index < -0.39 is 0 Å². The molecular weight excluding hydrogens is 300 g/mol. The van der Waals surface area contributed by atoms with Gasteiger partial charge in [0.2, 0.25) is 5.95 Å². The molecule has 3 rings (SSSR count). The average molecular weight is 324 g/mol. The van der Waals surface area contributed by atoms with Crippen LogP contribution in [0.3, 0.4) is 0 Å². The Morgan fingerprint density at radius 1 is 1.29 bits per heavy atom. The third kappa shape index (κ3) is 3.25. The highest BCUT2D eigenvalue weighted by atomic mass is 16.1. The van der Waals surface area contributed by atoms with E-state index in [0.717, 1.165) is 30.9 Å². The van der Waals surface area contributed by atoms with Crippen LogP contribution in [0.5, 0.6) is 0 Å². The first-order chi connectivity index (χ1) is 11.7. The average Bonchev–Trinajstić information content (AvgIpc) is 3.04. The second-order valence-electron chi connectivity index (χ2n) is 6.16. The summed E-state index contributed by atoms with van der Waals surface area (Å²) in [6.07, 6.45) is 10.1. The van der Waals surface area contributed by atoms with E-state index in [4.69, 9.17) is 4.98 Å². The first-order valence-corrected chi connectivity index (χ1v) is 8.66. The van der Waals surface area contributed by atoms with Gasteiger partial charge in [-0.15, -0.1) is 6.58 Å². The van der Waals surface area contributed by atoms with Crippen molar-refractivity contribution in [1.29, 1.82) is 0 Å². The summed E-state index contributed by atoms with van der Waals surface area (Å²) >= 11 is 0. The quantitative estimate of drug-likeness (QED) is 0.579. The van der Waals surface area contributed by atoms with Gasteiger partial charge in [-0.2, -0.15) is 0 Å². The third-order valence-electron chi connectivity index (χ3n) is 4.56. The summed E-state index contributed by atoms with van der Waals surface area (Å²) in [5.74, 6) is 0.760. The lowest BCUT2D eigenvalue weighted by molar-refractivity contribution is 0.587. The summed E-state index contributed by atoms with van der Waals surface area (Å²) < 4.78 is 1.76. The molecule has 0 aliphatic carbocycles. The molecular formula is C19H24N4O. The molecule has 126 valence electrons. The summed E-state index contributed by atoms with van der Waals surface area (Å²) in [4.78, 5) is 23.5. The number of unbranched alkanes of at least 4 members (excludes halogenated alkanes) is 2. The monoisotopic (exact) mass is 324 g/mol. The number of pyridine rings is 1. The van der Waals surface area contributed by atoms with Crippen molar-refractivity contribution in [1.82, 2.24) is 14.5 Å². The summed E-state index contributed by atoms with van der Waals surface area (Å²) in [6.45, 7) is 7.70. The highest BCUT2D eigenvalue weighted by Gasteiger charge is 2.27. The number of hydrogen-bond donors (Lipinski definition) is 0. The van der Waals surface area contributed by atoms with Crippen LogP contribution in [0.25, 0.3) is 11.3 Å². The number of nitrogens with zero attached hydrogens (tertiary/aromatic N) is 4. The number of anilines is 1. The van der Waals surface area contributed by atoms with E-state index in [1.165, 1.54) is 12.8 Å². The Balaban J connectivity index is 1.93. The maximum absolute atomic E-state index is 12.5. The predicted molar refractivity (Wildman–Crippen MR) is 97.2 cm³/mol. The van der Waals surface area contributed by atoms with Crippen molar-refractivity contribution in [2.45, 2.75) is 45.2 Å². The van der Waals surface area contributed by atoms with Crippen LogP contribution in [-0.4, -0.2) is 27.1 Å². The second-order valence-corrected chi connectivity index (χ2v) is 6.16. The Hall–Kier alpha value is -2.43. The van der Waals surface area contributed by atoms with E-state index in [1.54, 1.807) is 23.0 Å². The normalized spacial score (nSPS) is 14.5. The number of fused-ring (bicyclic) bond motifs is 1. The molecule has 2 aromatic rings. The van der Waals surface area contributed by atoms with Gasteiger partial charge in [-0.05, 0) is 18.6 Å². The first kappa shape index (κ1) is 16.4. The molecule has 0 fully saturated rings. The minimum atomic E-state index is 0.00526. The molecule has 1 aliphatic heterocycles. The fourth-order valence-corrected chi connectivity index (χ4v) is 3.22. The van der Waals surface area contributed by atoms with Crippen LogP contribution in [0, 0.1) is 0 Å². The zero-order valence-corrected chi connectivity index (χ0v) is 14.2. The number of hydrogen-bond acceptors (Lipinski definition) is 4. The van der Waals surface area contributed by atoms with Crippen LogP contribution < -0.4 is 10.5 Å². The lowest BCUT2D eigenvalue weighted by Crippen LogP contribution is -2.33. The molecule has 0 amide bonds. The molecule has 5 nitrogen and oxygen atoms in total. The molecule has 24 heavy (non-hydrogen) atoms. The largest absolute Gasteiger partial charge is 0.334 e. The second kappa shape index (κ2) is 7.43. The van der Waals surface area contributed by atoms with Crippen molar-refractivity contribution in [3.8, 4) is 11.3 Å². The van der Waals surface area contributed by atoms with Crippen LogP contribution in [0.15, 0.2) is 48.0 Å². The van der Waals surface area contributed by atoms with Crippen molar-refractivity contribution < 1.29 is 0 Å². The Bertz CT molecular complexity index is 754. The fourth-order valence-electron chi connectivity index (χ4n) is 3.22. The topological polar surface area (TPSA) is 51.0 Å². The number of aromatic nitrogens is 3. The van der Waals surface area contributed by atoms with Crippen LogP contribution >= 0.6 is 0 Å². The minimum Gasteiger partial charge on any atom is -0.334 e. The van der Waals surface area contributed by atoms with Crippen LogP contribution in [0.4, 0.5) is 5.95 Å². The lowest BCUT2D eigenvalue weighted by atomic mass is 10.1. The molecule has 0 spiro atoms. The lowest BCUT2D eigenvalue weighted by Gasteiger charge is -2.26. The molecule has 0 N–H and O–H groups in total. The highest BCUT2D eigenvalue weighted by molar-refractivity contribution is 5.60. The van der Waals surface area contributed by atoms with E-state index >= 15 is 0 Å². The van der Waals surface area contributed by atoms with Gasteiger partial charge in [0.1, 0.15) is 0 Å². The van der Waals surface area contributed by atoms with Crippen molar-refractivity contribution in [2.75, 3.05) is 11.4 Å². The van der Waals surface area contributed by atoms with Crippen molar-refractivity contribution in [3.63, 3.8) is 0 Å².